The van der Waals surface area contributed by atoms with Gasteiger partial charge in [-0.1, -0.05) is 30.3 Å². The van der Waals surface area contributed by atoms with Gasteiger partial charge in [-0.2, -0.15) is 0 Å². The van der Waals surface area contributed by atoms with Crippen LogP contribution < -0.4 is 0 Å². The van der Waals surface area contributed by atoms with Gasteiger partial charge in [-0.25, -0.2) is 4.58 Å². The first-order chi connectivity index (χ1) is 7.99. The highest BCUT2D eigenvalue weighted by molar-refractivity contribution is 8.19. The lowest BCUT2D eigenvalue weighted by atomic mass is 10.2. The van der Waals surface area contributed by atoms with Gasteiger partial charge in [0.05, 0.1) is 6.42 Å². The molecule has 0 aromatic heterocycles. The highest BCUT2D eigenvalue weighted by Crippen LogP contribution is 2.58. The van der Waals surface area contributed by atoms with E-state index in [0.717, 1.165) is 18.7 Å². The van der Waals surface area contributed by atoms with Crippen LogP contribution in [0.3, 0.4) is 0 Å². The molecular formula is C12H17Cl2NOP+. The SMILES string of the molecule is CC[N+](CC)=C(Cc1ccccc1)P(=O)(Cl)Cl. The van der Waals surface area contributed by atoms with E-state index in [1.807, 2.05) is 48.8 Å². The van der Waals surface area contributed by atoms with Crippen LogP contribution in [0.2, 0.25) is 0 Å². The number of rotatable bonds is 5. The third-order valence-electron chi connectivity index (χ3n) is 2.63. The van der Waals surface area contributed by atoms with Crippen LogP contribution in [0.25, 0.3) is 0 Å². The summed E-state index contributed by atoms with van der Waals surface area (Å²) in [7, 11) is 0. The van der Waals surface area contributed by atoms with Crippen molar-refractivity contribution < 1.29 is 9.14 Å². The Morgan fingerprint density at radius 3 is 2.12 bits per heavy atom. The van der Waals surface area contributed by atoms with Gasteiger partial charge >= 0.3 is 5.85 Å². The molecule has 94 valence electrons. The van der Waals surface area contributed by atoms with Crippen molar-refractivity contribution >= 4 is 33.8 Å². The minimum absolute atomic E-state index is 0.535. The third-order valence-corrected chi connectivity index (χ3v) is 4.85. The van der Waals surface area contributed by atoms with Crippen molar-refractivity contribution in [1.82, 2.24) is 0 Å². The fraction of sp³-hybridized carbons (Fsp3) is 0.417. The zero-order valence-electron chi connectivity index (χ0n) is 10.1. The van der Waals surface area contributed by atoms with E-state index in [2.05, 4.69) is 0 Å². The minimum atomic E-state index is -3.24. The molecule has 1 aromatic rings. The maximum Gasteiger partial charge on any atom is 0.339 e. The van der Waals surface area contributed by atoms with E-state index in [9.17, 15) is 4.57 Å². The minimum Gasteiger partial charge on any atom is -0.278 e. The summed E-state index contributed by atoms with van der Waals surface area (Å²) in [4.78, 5) is 0. The van der Waals surface area contributed by atoms with E-state index in [1.165, 1.54) is 0 Å². The smallest absolute Gasteiger partial charge is 0.278 e. The number of benzene rings is 1. The van der Waals surface area contributed by atoms with Gasteiger partial charge in [0.15, 0.2) is 0 Å². The van der Waals surface area contributed by atoms with Crippen LogP contribution in [0.5, 0.6) is 0 Å². The second-order valence-corrected chi connectivity index (χ2v) is 8.53. The molecule has 0 bridgehead atoms. The Kier molecular flexibility index (Phi) is 5.72. The molecule has 0 aliphatic rings. The Labute approximate surface area is 112 Å². The van der Waals surface area contributed by atoms with Gasteiger partial charge in [-0.15, -0.1) is 0 Å². The molecule has 0 aliphatic carbocycles. The largest absolute Gasteiger partial charge is 0.339 e. The summed E-state index contributed by atoms with van der Waals surface area (Å²) < 4.78 is 13.9. The summed E-state index contributed by atoms with van der Waals surface area (Å²) >= 11 is 11.7. The van der Waals surface area contributed by atoms with Crippen LogP contribution in [0, 0.1) is 0 Å². The summed E-state index contributed by atoms with van der Waals surface area (Å²) in [6.07, 6.45) is 0.535. The molecule has 0 N–H and O–H groups in total. The Hall–Kier alpha value is -0.300. The monoisotopic (exact) mass is 292 g/mol. The Morgan fingerprint density at radius 1 is 1.18 bits per heavy atom. The highest BCUT2D eigenvalue weighted by Gasteiger charge is 2.31. The van der Waals surface area contributed by atoms with Crippen LogP contribution in [-0.4, -0.2) is 23.1 Å². The normalized spacial score (nSPS) is 11.3. The topological polar surface area (TPSA) is 20.1 Å². The Bertz CT molecular complexity index is 433. The molecule has 1 aromatic carbocycles. The van der Waals surface area contributed by atoms with Crippen molar-refractivity contribution in [3.63, 3.8) is 0 Å². The molecule has 0 fully saturated rings. The predicted molar refractivity (Wildman–Crippen MR) is 75.8 cm³/mol. The van der Waals surface area contributed by atoms with Gasteiger partial charge in [-0.3, -0.25) is 4.57 Å². The van der Waals surface area contributed by atoms with Crippen molar-refractivity contribution in [2.24, 2.45) is 0 Å². The van der Waals surface area contributed by atoms with Crippen molar-refractivity contribution in [2.45, 2.75) is 20.3 Å². The van der Waals surface area contributed by atoms with Crippen LogP contribution >= 0.6 is 28.3 Å². The molecule has 17 heavy (non-hydrogen) atoms. The molecule has 0 amide bonds. The van der Waals surface area contributed by atoms with Gasteiger partial charge in [0.25, 0.3) is 0 Å². The van der Waals surface area contributed by atoms with Crippen LogP contribution in [0.4, 0.5) is 0 Å². The molecule has 0 saturated carbocycles. The first kappa shape index (κ1) is 14.8. The van der Waals surface area contributed by atoms with Gasteiger partial charge in [0, 0.05) is 0 Å². The number of hydrogen-bond donors (Lipinski definition) is 0. The third kappa shape index (κ3) is 4.46. The van der Waals surface area contributed by atoms with E-state index < -0.39 is 5.85 Å². The molecule has 0 atom stereocenters. The van der Waals surface area contributed by atoms with Crippen molar-refractivity contribution in [2.75, 3.05) is 13.1 Å². The Balaban J connectivity index is 3.10. The molecule has 2 nitrogen and oxygen atoms in total. The lowest BCUT2D eigenvalue weighted by Crippen LogP contribution is -2.21. The van der Waals surface area contributed by atoms with E-state index >= 15 is 0 Å². The second-order valence-electron chi connectivity index (χ2n) is 3.71. The molecule has 0 spiro atoms. The first-order valence-electron chi connectivity index (χ1n) is 5.63. The van der Waals surface area contributed by atoms with Crippen molar-refractivity contribution in [3.8, 4) is 0 Å². The molecule has 0 unspecified atom stereocenters. The zero-order valence-corrected chi connectivity index (χ0v) is 12.5. The van der Waals surface area contributed by atoms with E-state index in [4.69, 9.17) is 22.5 Å². The fourth-order valence-corrected chi connectivity index (χ4v) is 3.71. The molecular weight excluding hydrogens is 276 g/mol. The molecule has 0 aliphatic heterocycles. The number of halogens is 2. The molecule has 0 radical (unpaired) electrons. The first-order valence-corrected chi connectivity index (χ1v) is 9.15. The van der Waals surface area contributed by atoms with Crippen LogP contribution in [-0.2, 0) is 11.0 Å². The van der Waals surface area contributed by atoms with E-state index in [0.29, 0.717) is 11.9 Å². The summed E-state index contributed by atoms with van der Waals surface area (Å²) in [5.41, 5.74) is 1.69. The van der Waals surface area contributed by atoms with E-state index in [1.54, 1.807) is 0 Å². The predicted octanol–water partition coefficient (Wildman–Crippen LogP) is 4.35. The fourth-order valence-electron chi connectivity index (χ4n) is 1.74. The van der Waals surface area contributed by atoms with Gasteiger partial charge in [-0.05, 0) is 41.9 Å². The van der Waals surface area contributed by atoms with E-state index in [-0.39, 0.29) is 0 Å². The quantitative estimate of drug-likeness (QED) is 0.449. The lowest BCUT2D eigenvalue weighted by molar-refractivity contribution is -0.519. The molecule has 0 heterocycles. The summed E-state index contributed by atoms with van der Waals surface area (Å²) in [5.74, 6) is -3.24. The van der Waals surface area contributed by atoms with Gasteiger partial charge < -0.3 is 0 Å². The summed E-state index contributed by atoms with van der Waals surface area (Å²) in [5, 5.41) is 0. The van der Waals surface area contributed by atoms with Crippen LogP contribution in [0.1, 0.15) is 19.4 Å². The van der Waals surface area contributed by atoms with Gasteiger partial charge in [0.1, 0.15) is 13.1 Å². The standard InChI is InChI=1S/C12H17Cl2NOP/c1-3-15(4-2)12(17(13,14)16)10-11-8-6-5-7-9-11/h5-9H,3-4,10H2,1-2H3/q+1. The van der Waals surface area contributed by atoms with Crippen molar-refractivity contribution in [3.05, 3.63) is 35.9 Å². The number of hydrogen-bond acceptors (Lipinski definition) is 1. The maximum atomic E-state index is 11.9. The molecule has 5 heteroatoms. The molecule has 0 saturated heterocycles. The number of nitrogens with zero attached hydrogens (tertiary/aromatic N) is 1. The Morgan fingerprint density at radius 2 is 1.71 bits per heavy atom. The highest BCUT2D eigenvalue weighted by atomic mass is 35.9. The maximum absolute atomic E-state index is 11.9. The van der Waals surface area contributed by atoms with Gasteiger partial charge in [0.2, 0.25) is 5.45 Å². The van der Waals surface area contributed by atoms with Crippen LogP contribution in [0.15, 0.2) is 30.3 Å². The summed E-state index contributed by atoms with van der Waals surface area (Å²) in [6, 6.07) is 9.80. The second kappa shape index (κ2) is 6.58. The zero-order chi connectivity index (χ0) is 12.9. The lowest BCUT2D eigenvalue weighted by Gasteiger charge is -2.08. The molecule has 1 rings (SSSR count). The average molecular weight is 293 g/mol. The average Bonchev–Trinajstić information content (AvgIpc) is 2.29. The van der Waals surface area contributed by atoms with Crippen molar-refractivity contribution in [1.29, 1.82) is 0 Å². The summed E-state index contributed by atoms with van der Waals surface area (Å²) in [6.45, 7) is 5.50.